The predicted molar refractivity (Wildman–Crippen MR) is 100 cm³/mol. The number of anilines is 3. The van der Waals surface area contributed by atoms with E-state index in [1.54, 1.807) is 6.07 Å². The number of hydrogen-bond acceptors (Lipinski definition) is 5. The quantitative estimate of drug-likeness (QED) is 0.839. The van der Waals surface area contributed by atoms with Gasteiger partial charge in [0.2, 0.25) is 5.91 Å². The summed E-state index contributed by atoms with van der Waals surface area (Å²) in [5.41, 5.74) is 1.83. The molecule has 1 atom stereocenters. The highest BCUT2D eigenvalue weighted by Gasteiger charge is 2.40. The molecule has 0 spiro atoms. The van der Waals surface area contributed by atoms with Crippen molar-refractivity contribution in [3.8, 4) is 0 Å². The monoisotopic (exact) mass is 369 g/mol. The van der Waals surface area contributed by atoms with Gasteiger partial charge < -0.3 is 15.0 Å². The Balaban J connectivity index is 1.46. The molecule has 4 rings (SSSR count). The van der Waals surface area contributed by atoms with Gasteiger partial charge in [0, 0.05) is 24.5 Å². The van der Waals surface area contributed by atoms with Crippen LogP contribution in [0.5, 0.6) is 0 Å². The van der Waals surface area contributed by atoms with Gasteiger partial charge in [0.15, 0.2) is 0 Å². The topological polar surface area (TPSA) is 61.9 Å². The van der Waals surface area contributed by atoms with Gasteiger partial charge in [0.25, 0.3) is 5.91 Å². The van der Waals surface area contributed by atoms with Crippen molar-refractivity contribution in [2.75, 3.05) is 41.4 Å². The molecular formula is C20H20FN3O3. The molecule has 0 saturated carbocycles. The van der Waals surface area contributed by atoms with Crippen molar-refractivity contribution in [1.29, 1.82) is 0 Å². The Morgan fingerprint density at radius 2 is 1.70 bits per heavy atom. The second-order valence-corrected chi connectivity index (χ2v) is 6.57. The van der Waals surface area contributed by atoms with Crippen LogP contribution in [0.4, 0.5) is 21.5 Å². The van der Waals surface area contributed by atoms with Gasteiger partial charge in [-0.1, -0.05) is 12.1 Å². The Labute approximate surface area is 156 Å². The van der Waals surface area contributed by atoms with E-state index in [9.17, 15) is 14.0 Å². The zero-order valence-electron chi connectivity index (χ0n) is 14.7. The Hall–Kier alpha value is -2.93. The summed E-state index contributed by atoms with van der Waals surface area (Å²) < 4.78 is 19.3. The Bertz CT molecular complexity index is 850. The van der Waals surface area contributed by atoms with Gasteiger partial charge in [0.1, 0.15) is 11.9 Å². The van der Waals surface area contributed by atoms with Crippen molar-refractivity contribution >= 4 is 28.9 Å². The van der Waals surface area contributed by atoms with Crippen molar-refractivity contribution in [1.82, 2.24) is 0 Å². The Morgan fingerprint density at radius 3 is 2.41 bits per heavy atom. The van der Waals surface area contributed by atoms with E-state index in [1.165, 1.54) is 18.2 Å². The number of nitrogens with zero attached hydrogens (tertiary/aromatic N) is 2. The second kappa shape index (κ2) is 7.36. The molecule has 27 heavy (non-hydrogen) atoms. The molecule has 2 saturated heterocycles. The molecule has 2 amide bonds. The lowest BCUT2D eigenvalue weighted by molar-refractivity contribution is -0.121. The first-order valence-electron chi connectivity index (χ1n) is 8.94. The number of ether oxygens (including phenoxy) is 1. The molecule has 7 heteroatoms. The van der Waals surface area contributed by atoms with E-state index in [0.717, 1.165) is 29.4 Å². The van der Waals surface area contributed by atoms with Gasteiger partial charge in [-0.3, -0.25) is 9.59 Å². The highest BCUT2D eigenvalue weighted by atomic mass is 19.1. The molecule has 2 aromatic rings. The van der Waals surface area contributed by atoms with Crippen LogP contribution in [0, 0.1) is 5.82 Å². The smallest absolute Gasteiger partial charge is 0.256 e. The van der Waals surface area contributed by atoms with Gasteiger partial charge >= 0.3 is 0 Å². The zero-order chi connectivity index (χ0) is 18.8. The lowest BCUT2D eigenvalue weighted by atomic mass is 10.2. The number of nitrogens with one attached hydrogen (secondary N) is 1. The summed E-state index contributed by atoms with van der Waals surface area (Å²) in [7, 11) is 0. The van der Waals surface area contributed by atoms with Crippen LogP contribution < -0.4 is 15.1 Å². The molecule has 6 nitrogen and oxygen atoms in total. The third kappa shape index (κ3) is 3.50. The lowest BCUT2D eigenvalue weighted by Gasteiger charge is -2.29. The number of carbonyl (C=O) groups excluding carboxylic acids is 2. The van der Waals surface area contributed by atoms with Crippen molar-refractivity contribution in [3.05, 3.63) is 54.3 Å². The number of morpholine rings is 1. The van der Waals surface area contributed by atoms with Crippen LogP contribution in [0.2, 0.25) is 0 Å². The molecule has 1 N–H and O–H groups in total. The number of benzene rings is 2. The fraction of sp³-hybridized carbons (Fsp3) is 0.300. The summed E-state index contributed by atoms with van der Waals surface area (Å²) in [6.07, 6.45) is -0.00160. The molecule has 0 bridgehead atoms. The standard InChI is InChI=1S/C20H20FN3O3/c21-16-3-1-2-4-18(16)24-19(25)13-17(20(24)26)22-14-5-7-15(8-6-14)23-9-11-27-12-10-23/h1-8,17,22H,9-13H2/t17-/m0/s1. The third-order valence-electron chi connectivity index (χ3n) is 4.82. The zero-order valence-corrected chi connectivity index (χ0v) is 14.7. The van der Waals surface area contributed by atoms with Crippen LogP contribution in [-0.4, -0.2) is 44.2 Å². The van der Waals surface area contributed by atoms with Crippen LogP contribution in [0.15, 0.2) is 48.5 Å². The first-order valence-corrected chi connectivity index (χ1v) is 8.94. The fourth-order valence-corrected chi connectivity index (χ4v) is 3.42. The molecule has 2 aliphatic heterocycles. The molecule has 140 valence electrons. The summed E-state index contributed by atoms with van der Waals surface area (Å²) in [4.78, 5) is 28.1. The minimum Gasteiger partial charge on any atom is -0.378 e. The summed E-state index contributed by atoms with van der Waals surface area (Å²) >= 11 is 0. The van der Waals surface area contributed by atoms with E-state index in [0.29, 0.717) is 13.2 Å². The molecule has 2 fully saturated rings. The van der Waals surface area contributed by atoms with E-state index in [2.05, 4.69) is 10.2 Å². The summed E-state index contributed by atoms with van der Waals surface area (Å²) in [5.74, 6) is -1.44. The van der Waals surface area contributed by atoms with Crippen molar-refractivity contribution in [3.63, 3.8) is 0 Å². The van der Waals surface area contributed by atoms with Crippen LogP contribution in [0.1, 0.15) is 6.42 Å². The normalized spacial score (nSPS) is 20.3. The number of imide groups is 1. The van der Waals surface area contributed by atoms with E-state index >= 15 is 0 Å². The lowest BCUT2D eigenvalue weighted by Crippen LogP contribution is -2.36. The minimum atomic E-state index is -0.702. The highest BCUT2D eigenvalue weighted by Crippen LogP contribution is 2.27. The number of para-hydroxylation sites is 1. The van der Waals surface area contributed by atoms with Crippen LogP contribution in [0.3, 0.4) is 0 Å². The number of amides is 2. The minimum absolute atomic E-state index is 0.000495. The summed E-state index contributed by atoms with van der Waals surface area (Å²) in [6, 6.07) is 12.8. The van der Waals surface area contributed by atoms with Crippen LogP contribution in [0.25, 0.3) is 0 Å². The first kappa shape index (κ1) is 17.5. The van der Waals surface area contributed by atoms with Gasteiger partial charge in [-0.25, -0.2) is 9.29 Å². The van der Waals surface area contributed by atoms with Gasteiger partial charge in [0.05, 0.1) is 25.3 Å². The van der Waals surface area contributed by atoms with Crippen molar-refractivity contribution in [2.45, 2.75) is 12.5 Å². The number of carbonyl (C=O) groups is 2. The molecule has 0 aromatic heterocycles. The third-order valence-corrected chi connectivity index (χ3v) is 4.82. The fourth-order valence-electron chi connectivity index (χ4n) is 3.42. The van der Waals surface area contributed by atoms with E-state index in [1.807, 2.05) is 24.3 Å². The average molecular weight is 369 g/mol. The molecule has 2 heterocycles. The van der Waals surface area contributed by atoms with Crippen LogP contribution in [-0.2, 0) is 14.3 Å². The molecule has 2 aromatic carbocycles. The number of halogens is 1. The Kier molecular flexibility index (Phi) is 4.77. The van der Waals surface area contributed by atoms with E-state index in [4.69, 9.17) is 4.74 Å². The van der Waals surface area contributed by atoms with Gasteiger partial charge in [-0.15, -0.1) is 0 Å². The maximum atomic E-state index is 14.0. The van der Waals surface area contributed by atoms with E-state index in [-0.39, 0.29) is 12.1 Å². The SMILES string of the molecule is O=C1C[C@H](Nc2ccc(N3CCOCC3)cc2)C(=O)N1c1ccccc1F. The molecular weight excluding hydrogens is 349 g/mol. The molecule has 0 radical (unpaired) electrons. The summed E-state index contributed by atoms with van der Waals surface area (Å²) in [5, 5.41) is 3.09. The molecule has 2 aliphatic rings. The average Bonchev–Trinajstić information content (AvgIpc) is 2.97. The second-order valence-electron chi connectivity index (χ2n) is 6.57. The predicted octanol–water partition coefficient (Wildman–Crippen LogP) is 2.41. The van der Waals surface area contributed by atoms with Crippen molar-refractivity contribution < 1.29 is 18.7 Å². The molecule has 0 aliphatic carbocycles. The largest absolute Gasteiger partial charge is 0.378 e. The van der Waals surface area contributed by atoms with Gasteiger partial charge in [-0.05, 0) is 36.4 Å². The number of hydrogen-bond donors (Lipinski definition) is 1. The number of rotatable bonds is 4. The first-order chi connectivity index (χ1) is 13.1. The van der Waals surface area contributed by atoms with Crippen LogP contribution >= 0.6 is 0 Å². The molecule has 0 unspecified atom stereocenters. The summed E-state index contributed by atoms with van der Waals surface area (Å²) in [6.45, 7) is 3.12. The maximum Gasteiger partial charge on any atom is 0.256 e. The van der Waals surface area contributed by atoms with Crippen molar-refractivity contribution in [2.24, 2.45) is 0 Å². The Morgan fingerprint density at radius 1 is 1.00 bits per heavy atom. The maximum absolute atomic E-state index is 14.0. The highest BCUT2D eigenvalue weighted by molar-refractivity contribution is 6.23. The van der Waals surface area contributed by atoms with E-state index < -0.39 is 23.7 Å². The van der Waals surface area contributed by atoms with Gasteiger partial charge in [-0.2, -0.15) is 0 Å².